The Morgan fingerprint density at radius 2 is 2.06 bits per heavy atom. The molecule has 0 amide bonds. The maximum atomic E-state index is 13.1. The van der Waals surface area contributed by atoms with Crippen LogP contribution in [0.15, 0.2) is 52.1 Å². The number of hydrogen-bond acceptors (Lipinski definition) is 5. The van der Waals surface area contributed by atoms with E-state index in [-0.39, 0.29) is 5.82 Å². The zero-order valence-corrected chi connectivity index (χ0v) is 17.6. The van der Waals surface area contributed by atoms with E-state index in [4.69, 9.17) is 4.42 Å². The van der Waals surface area contributed by atoms with Crippen molar-refractivity contribution >= 4 is 5.96 Å². The quantitative estimate of drug-likeness (QED) is 0.398. The number of halogens is 1. The van der Waals surface area contributed by atoms with Crippen LogP contribution in [0.25, 0.3) is 11.6 Å². The molecule has 31 heavy (non-hydrogen) atoms. The van der Waals surface area contributed by atoms with E-state index < -0.39 is 0 Å². The van der Waals surface area contributed by atoms with Crippen LogP contribution in [-0.2, 0) is 13.0 Å². The van der Waals surface area contributed by atoms with Crippen LogP contribution in [-0.4, -0.2) is 58.8 Å². The Morgan fingerprint density at radius 1 is 1.26 bits per heavy atom. The van der Waals surface area contributed by atoms with E-state index in [1.54, 1.807) is 13.3 Å². The van der Waals surface area contributed by atoms with Crippen LogP contribution < -0.4 is 10.6 Å². The van der Waals surface area contributed by atoms with E-state index >= 15 is 0 Å². The molecule has 9 heteroatoms. The SMILES string of the molecule is CN=C(NCCc1nc(-c2ccco2)n[nH]1)NC1CCN(Cc2ccc(F)cc2)CC1. The molecule has 1 fully saturated rings. The highest BCUT2D eigenvalue weighted by Gasteiger charge is 2.20. The average Bonchev–Trinajstić information content (AvgIpc) is 3.48. The molecule has 1 aromatic carbocycles. The van der Waals surface area contributed by atoms with Crippen LogP contribution in [0.3, 0.4) is 0 Å². The molecular weight excluding hydrogens is 397 g/mol. The van der Waals surface area contributed by atoms with Crippen LogP contribution in [0.5, 0.6) is 0 Å². The molecule has 3 aromatic rings. The number of piperidine rings is 1. The summed E-state index contributed by atoms with van der Waals surface area (Å²) in [7, 11) is 1.78. The van der Waals surface area contributed by atoms with Crippen molar-refractivity contribution in [2.45, 2.75) is 31.8 Å². The molecule has 1 aliphatic rings. The van der Waals surface area contributed by atoms with Crippen LogP contribution >= 0.6 is 0 Å². The van der Waals surface area contributed by atoms with Gasteiger partial charge < -0.3 is 15.1 Å². The highest BCUT2D eigenvalue weighted by atomic mass is 19.1. The average molecular weight is 426 g/mol. The number of guanidine groups is 1. The molecule has 0 spiro atoms. The topological polar surface area (TPSA) is 94.4 Å². The van der Waals surface area contributed by atoms with E-state index in [2.05, 4.69) is 35.7 Å². The first-order chi connectivity index (χ1) is 15.2. The van der Waals surface area contributed by atoms with E-state index in [1.807, 2.05) is 24.3 Å². The predicted octanol–water partition coefficient (Wildman–Crippen LogP) is 2.58. The number of nitrogens with one attached hydrogen (secondary N) is 3. The van der Waals surface area contributed by atoms with Gasteiger partial charge in [0.05, 0.1) is 6.26 Å². The fraction of sp³-hybridized carbons (Fsp3) is 0.409. The van der Waals surface area contributed by atoms with Crippen LogP contribution in [0.2, 0.25) is 0 Å². The fourth-order valence-electron chi connectivity index (χ4n) is 3.69. The van der Waals surface area contributed by atoms with Gasteiger partial charge in [-0.1, -0.05) is 12.1 Å². The molecule has 8 nitrogen and oxygen atoms in total. The number of aliphatic imine (C=N–C) groups is 1. The summed E-state index contributed by atoms with van der Waals surface area (Å²) in [5.41, 5.74) is 1.15. The van der Waals surface area contributed by atoms with Crippen molar-refractivity contribution in [2.75, 3.05) is 26.7 Å². The monoisotopic (exact) mass is 425 g/mol. The van der Waals surface area contributed by atoms with Crippen molar-refractivity contribution in [3.05, 3.63) is 59.9 Å². The lowest BCUT2D eigenvalue weighted by Crippen LogP contribution is -2.48. The third-order valence-corrected chi connectivity index (χ3v) is 5.40. The van der Waals surface area contributed by atoms with Crippen molar-refractivity contribution in [3.8, 4) is 11.6 Å². The minimum atomic E-state index is -0.188. The number of hydrogen-bond donors (Lipinski definition) is 3. The molecule has 2 aromatic heterocycles. The standard InChI is InChI=1S/C22H28FN7O/c1-24-22(25-11-8-20-27-21(29-28-20)19-3-2-14-31-19)26-18-9-12-30(13-10-18)15-16-4-6-17(23)7-5-16/h2-7,14,18H,8-13,15H2,1H3,(H2,24,25,26)(H,27,28,29). The predicted molar refractivity (Wildman–Crippen MR) is 117 cm³/mol. The molecule has 164 valence electrons. The van der Waals surface area contributed by atoms with Crippen LogP contribution in [0.1, 0.15) is 24.2 Å². The van der Waals surface area contributed by atoms with Gasteiger partial charge in [-0.2, -0.15) is 5.10 Å². The first kappa shape index (κ1) is 21.0. The summed E-state index contributed by atoms with van der Waals surface area (Å²) < 4.78 is 18.4. The zero-order valence-electron chi connectivity index (χ0n) is 17.6. The van der Waals surface area contributed by atoms with E-state index in [9.17, 15) is 4.39 Å². The number of aromatic amines is 1. The third kappa shape index (κ3) is 5.91. The molecule has 1 aliphatic heterocycles. The summed E-state index contributed by atoms with van der Waals surface area (Å²) in [6.45, 7) is 3.55. The first-order valence-corrected chi connectivity index (χ1v) is 10.6. The fourth-order valence-corrected chi connectivity index (χ4v) is 3.69. The van der Waals surface area contributed by atoms with Crippen molar-refractivity contribution in [1.82, 2.24) is 30.7 Å². The van der Waals surface area contributed by atoms with Gasteiger partial charge in [-0.15, -0.1) is 0 Å². The van der Waals surface area contributed by atoms with Gasteiger partial charge in [0.15, 0.2) is 11.7 Å². The maximum Gasteiger partial charge on any atom is 0.216 e. The normalized spacial score (nSPS) is 15.9. The summed E-state index contributed by atoms with van der Waals surface area (Å²) in [5.74, 6) is 2.62. The first-order valence-electron chi connectivity index (χ1n) is 10.6. The molecule has 0 aliphatic carbocycles. The van der Waals surface area contributed by atoms with Gasteiger partial charge in [0.1, 0.15) is 11.6 Å². The zero-order chi connectivity index (χ0) is 21.5. The Morgan fingerprint density at radius 3 is 2.77 bits per heavy atom. The van der Waals surface area contributed by atoms with Crippen molar-refractivity contribution in [2.24, 2.45) is 4.99 Å². The number of furan rings is 1. The van der Waals surface area contributed by atoms with Gasteiger partial charge in [0, 0.05) is 45.7 Å². The van der Waals surface area contributed by atoms with Gasteiger partial charge in [0.2, 0.25) is 5.82 Å². The summed E-state index contributed by atoms with van der Waals surface area (Å²) in [4.78, 5) is 11.2. The summed E-state index contributed by atoms with van der Waals surface area (Å²) in [5, 5.41) is 14.0. The number of nitrogens with zero attached hydrogens (tertiary/aromatic N) is 4. The summed E-state index contributed by atoms with van der Waals surface area (Å²) >= 11 is 0. The van der Waals surface area contributed by atoms with Gasteiger partial charge in [-0.25, -0.2) is 9.37 Å². The van der Waals surface area contributed by atoms with Crippen molar-refractivity contribution in [1.29, 1.82) is 0 Å². The second-order valence-electron chi connectivity index (χ2n) is 7.65. The molecule has 0 bridgehead atoms. The Kier molecular flexibility index (Phi) is 6.93. The van der Waals surface area contributed by atoms with Crippen LogP contribution in [0.4, 0.5) is 4.39 Å². The second-order valence-corrected chi connectivity index (χ2v) is 7.65. The number of benzene rings is 1. The van der Waals surface area contributed by atoms with Gasteiger partial charge >= 0.3 is 0 Å². The Labute approximate surface area is 181 Å². The Hall–Kier alpha value is -3.20. The maximum absolute atomic E-state index is 13.1. The molecular formula is C22H28FN7O. The number of aromatic nitrogens is 3. The molecule has 0 atom stereocenters. The molecule has 0 saturated carbocycles. The molecule has 0 radical (unpaired) electrons. The van der Waals surface area contributed by atoms with E-state index in [0.29, 0.717) is 30.6 Å². The lowest BCUT2D eigenvalue weighted by Gasteiger charge is -2.33. The third-order valence-electron chi connectivity index (χ3n) is 5.40. The number of rotatable bonds is 7. The second kappa shape index (κ2) is 10.2. The molecule has 4 rings (SSSR count). The van der Waals surface area contributed by atoms with Gasteiger partial charge in [-0.05, 0) is 42.7 Å². The van der Waals surface area contributed by atoms with Gasteiger partial charge in [0.25, 0.3) is 0 Å². The van der Waals surface area contributed by atoms with Crippen molar-refractivity contribution in [3.63, 3.8) is 0 Å². The number of H-pyrrole nitrogens is 1. The minimum absolute atomic E-state index is 0.188. The van der Waals surface area contributed by atoms with E-state index in [1.165, 1.54) is 12.1 Å². The smallest absolute Gasteiger partial charge is 0.216 e. The lowest BCUT2D eigenvalue weighted by molar-refractivity contribution is 0.198. The highest BCUT2D eigenvalue weighted by Crippen LogP contribution is 2.15. The Balaban J connectivity index is 1.17. The number of likely N-dealkylation sites (tertiary alicyclic amines) is 1. The van der Waals surface area contributed by atoms with Gasteiger partial charge in [-0.3, -0.25) is 15.0 Å². The minimum Gasteiger partial charge on any atom is -0.461 e. The molecule has 3 N–H and O–H groups in total. The van der Waals surface area contributed by atoms with E-state index in [0.717, 1.165) is 49.8 Å². The molecule has 1 saturated heterocycles. The summed E-state index contributed by atoms with van der Waals surface area (Å²) in [6, 6.07) is 10.8. The lowest BCUT2D eigenvalue weighted by atomic mass is 10.0. The molecule has 3 heterocycles. The van der Waals surface area contributed by atoms with Crippen LogP contribution in [0, 0.1) is 5.82 Å². The summed E-state index contributed by atoms with van der Waals surface area (Å²) in [6.07, 6.45) is 4.38. The highest BCUT2D eigenvalue weighted by molar-refractivity contribution is 5.79. The van der Waals surface area contributed by atoms with Crippen molar-refractivity contribution < 1.29 is 8.81 Å². The Bertz CT molecular complexity index is 960. The molecule has 0 unspecified atom stereocenters. The largest absolute Gasteiger partial charge is 0.461 e.